The summed E-state index contributed by atoms with van der Waals surface area (Å²) in [7, 11) is 0. The average molecular weight is 467 g/mol. The number of nitrogens with zero attached hydrogens (tertiary/aromatic N) is 2. The second kappa shape index (κ2) is 9.74. The van der Waals surface area contributed by atoms with E-state index in [1.165, 1.54) is 16.7 Å². The molecule has 178 valence electrons. The molecule has 2 N–H and O–H groups in total. The molecule has 0 aliphatic heterocycles. The van der Waals surface area contributed by atoms with Crippen LogP contribution in [0.2, 0.25) is 0 Å². The van der Waals surface area contributed by atoms with Crippen molar-refractivity contribution in [3.63, 3.8) is 0 Å². The maximum absolute atomic E-state index is 13.3. The minimum Gasteiger partial charge on any atom is -0.350 e. The number of rotatable bonds is 8. The molecule has 6 nitrogen and oxygen atoms in total. The van der Waals surface area contributed by atoms with Crippen molar-refractivity contribution >= 4 is 28.4 Å². The first-order chi connectivity index (χ1) is 17.0. The maximum Gasteiger partial charge on any atom is 0.267 e. The molecule has 2 aromatic carbocycles. The molecule has 2 aromatic heterocycles. The standard InChI is InChI=1S/C29H30N4O2/c1-19-6-7-20(2)23(15-19)18-33-26-11-10-25(32-28(34)21-8-9-21)16-22(26)17-27(33)29(35)31-14-12-24-5-3-4-13-30-24/h3-7,10-11,13,15-17,21H,8-9,12,14,18H2,1-2H3,(H,31,35)(H,32,34). The van der Waals surface area contributed by atoms with E-state index >= 15 is 0 Å². The van der Waals surface area contributed by atoms with Crippen LogP contribution >= 0.6 is 0 Å². The van der Waals surface area contributed by atoms with Crippen LogP contribution in [-0.2, 0) is 17.8 Å². The fraction of sp³-hybridized carbons (Fsp3) is 0.276. The zero-order chi connectivity index (χ0) is 24.4. The van der Waals surface area contributed by atoms with Crippen LogP contribution in [0.1, 0.15) is 45.7 Å². The number of anilines is 1. The van der Waals surface area contributed by atoms with Crippen LogP contribution in [-0.4, -0.2) is 27.9 Å². The number of carbonyl (C=O) groups is 2. The van der Waals surface area contributed by atoms with Gasteiger partial charge in [0.1, 0.15) is 5.69 Å². The minimum atomic E-state index is -0.119. The third-order valence-corrected chi connectivity index (χ3v) is 6.58. The van der Waals surface area contributed by atoms with Crippen molar-refractivity contribution in [1.82, 2.24) is 14.9 Å². The number of aromatic nitrogens is 2. The molecule has 0 atom stereocenters. The second-order valence-electron chi connectivity index (χ2n) is 9.41. The molecule has 6 heteroatoms. The normalized spacial score (nSPS) is 13.1. The third-order valence-electron chi connectivity index (χ3n) is 6.58. The average Bonchev–Trinajstić information content (AvgIpc) is 3.65. The monoisotopic (exact) mass is 466 g/mol. The molecule has 0 saturated heterocycles. The van der Waals surface area contributed by atoms with E-state index in [9.17, 15) is 9.59 Å². The van der Waals surface area contributed by atoms with Gasteiger partial charge in [0.05, 0.1) is 0 Å². The van der Waals surface area contributed by atoms with E-state index in [1.807, 2.05) is 42.5 Å². The Hall–Kier alpha value is -3.93. The van der Waals surface area contributed by atoms with Gasteiger partial charge >= 0.3 is 0 Å². The molecule has 0 radical (unpaired) electrons. The molecule has 1 aliphatic carbocycles. The summed E-state index contributed by atoms with van der Waals surface area (Å²) in [5.41, 5.74) is 6.83. The lowest BCUT2D eigenvalue weighted by Gasteiger charge is -2.14. The van der Waals surface area contributed by atoms with Gasteiger partial charge < -0.3 is 15.2 Å². The molecule has 1 saturated carbocycles. The number of hydrogen-bond acceptors (Lipinski definition) is 3. The zero-order valence-corrected chi connectivity index (χ0v) is 20.2. The van der Waals surface area contributed by atoms with Gasteiger partial charge in [-0.15, -0.1) is 0 Å². The summed E-state index contributed by atoms with van der Waals surface area (Å²) in [6.07, 6.45) is 4.35. The van der Waals surface area contributed by atoms with Gasteiger partial charge in [-0.1, -0.05) is 29.8 Å². The predicted octanol–water partition coefficient (Wildman–Crippen LogP) is 5.02. The van der Waals surface area contributed by atoms with E-state index in [4.69, 9.17) is 0 Å². The van der Waals surface area contributed by atoms with Gasteiger partial charge in [0.15, 0.2) is 0 Å². The molecule has 1 aliphatic rings. The lowest BCUT2D eigenvalue weighted by Crippen LogP contribution is -2.28. The summed E-state index contributed by atoms with van der Waals surface area (Å²) in [6.45, 7) is 5.27. The molecule has 4 aromatic rings. The fourth-order valence-corrected chi connectivity index (χ4v) is 4.38. The lowest BCUT2D eigenvalue weighted by atomic mass is 10.1. The smallest absolute Gasteiger partial charge is 0.267 e. The Labute approximate surface area is 205 Å². The van der Waals surface area contributed by atoms with E-state index in [0.29, 0.717) is 25.2 Å². The largest absolute Gasteiger partial charge is 0.350 e. The second-order valence-corrected chi connectivity index (χ2v) is 9.41. The zero-order valence-electron chi connectivity index (χ0n) is 20.2. The van der Waals surface area contributed by atoms with Crippen LogP contribution in [0.3, 0.4) is 0 Å². The van der Waals surface area contributed by atoms with Gasteiger partial charge in [0.2, 0.25) is 5.91 Å². The molecule has 0 bridgehead atoms. The Morgan fingerprint density at radius 2 is 1.89 bits per heavy atom. The molecule has 0 unspecified atom stereocenters. The van der Waals surface area contributed by atoms with Crippen LogP contribution in [0, 0.1) is 19.8 Å². The summed E-state index contributed by atoms with van der Waals surface area (Å²) < 4.78 is 2.07. The fourth-order valence-electron chi connectivity index (χ4n) is 4.38. The summed E-state index contributed by atoms with van der Waals surface area (Å²) in [5.74, 6) is 0.0951. The molecular formula is C29H30N4O2. The topological polar surface area (TPSA) is 76.0 Å². The summed E-state index contributed by atoms with van der Waals surface area (Å²) >= 11 is 0. The number of carbonyl (C=O) groups excluding carboxylic acids is 2. The molecule has 2 heterocycles. The summed E-state index contributed by atoms with van der Waals surface area (Å²) in [6, 6.07) is 20.0. The lowest BCUT2D eigenvalue weighted by molar-refractivity contribution is -0.117. The Balaban J connectivity index is 1.44. The number of nitrogens with one attached hydrogen (secondary N) is 2. The quantitative estimate of drug-likeness (QED) is 0.383. The highest BCUT2D eigenvalue weighted by molar-refractivity contribution is 6.01. The molecular weight excluding hydrogens is 436 g/mol. The van der Waals surface area contributed by atoms with Gasteiger partial charge in [-0.2, -0.15) is 0 Å². The van der Waals surface area contributed by atoms with Gasteiger partial charge in [-0.3, -0.25) is 14.6 Å². The number of hydrogen-bond donors (Lipinski definition) is 2. The van der Waals surface area contributed by atoms with Crippen molar-refractivity contribution in [3.8, 4) is 0 Å². The molecule has 2 amide bonds. The number of pyridine rings is 1. The van der Waals surface area contributed by atoms with Crippen LogP contribution in [0.25, 0.3) is 10.9 Å². The number of benzene rings is 2. The van der Waals surface area contributed by atoms with Crippen molar-refractivity contribution in [2.45, 2.75) is 39.7 Å². The van der Waals surface area contributed by atoms with E-state index in [1.54, 1.807) is 6.20 Å². The first-order valence-corrected chi connectivity index (χ1v) is 12.2. The summed E-state index contributed by atoms with van der Waals surface area (Å²) in [4.78, 5) is 29.9. The van der Waals surface area contributed by atoms with Crippen LogP contribution in [0.4, 0.5) is 5.69 Å². The Kier molecular flexibility index (Phi) is 6.36. The SMILES string of the molecule is Cc1ccc(C)c(Cn2c(C(=O)NCCc3ccccn3)cc3cc(NC(=O)C4CC4)ccc32)c1. The van der Waals surface area contributed by atoms with Crippen molar-refractivity contribution < 1.29 is 9.59 Å². The van der Waals surface area contributed by atoms with Crippen molar-refractivity contribution in [2.24, 2.45) is 5.92 Å². The Morgan fingerprint density at radius 3 is 2.66 bits per heavy atom. The van der Waals surface area contributed by atoms with Gasteiger partial charge in [0, 0.05) is 53.9 Å². The molecule has 5 rings (SSSR count). The maximum atomic E-state index is 13.3. The number of fused-ring (bicyclic) bond motifs is 1. The van der Waals surface area contributed by atoms with E-state index in [2.05, 4.69) is 52.2 Å². The Morgan fingerprint density at radius 1 is 1.03 bits per heavy atom. The van der Waals surface area contributed by atoms with E-state index < -0.39 is 0 Å². The number of aryl methyl sites for hydroxylation is 2. The molecule has 35 heavy (non-hydrogen) atoms. The van der Waals surface area contributed by atoms with Gasteiger partial charge in [0.25, 0.3) is 5.91 Å². The third kappa shape index (κ3) is 5.27. The van der Waals surface area contributed by atoms with Crippen molar-refractivity contribution in [3.05, 3.63) is 94.9 Å². The number of amides is 2. The van der Waals surface area contributed by atoms with Gasteiger partial charge in [-0.05, 0) is 74.2 Å². The van der Waals surface area contributed by atoms with Crippen LogP contribution < -0.4 is 10.6 Å². The predicted molar refractivity (Wildman–Crippen MR) is 139 cm³/mol. The Bertz CT molecular complexity index is 1390. The highest BCUT2D eigenvalue weighted by Crippen LogP contribution is 2.31. The highest BCUT2D eigenvalue weighted by Gasteiger charge is 2.29. The first kappa shape index (κ1) is 22.8. The minimum absolute atomic E-state index is 0.0756. The summed E-state index contributed by atoms with van der Waals surface area (Å²) in [5, 5.41) is 7.01. The first-order valence-electron chi connectivity index (χ1n) is 12.2. The van der Waals surface area contributed by atoms with Crippen LogP contribution in [0.5, 0.6) is 0 Å². The van der Waals surface area contributed by atoms with E-state index in [-0.39, 0.29) is 17.7 Å². The van der Waals surface area contributed by atoms with Gasteiger partial charge in [-0.25, -0.2) is 0 Å². The highest BCUT2D eigenvalue weighted by atomic mass is 16.2. The van der Waals surface area contributed by atoms with Crippen molar-refractivity contribution in [2.75, 3.05) is 11.9 Å². The van der Waals surface area contributed by atoms with Crippen LogP contribution in [0.15, 0.2) is 66.9 Å². The van der Waals surface area contributed by atoms with Crippen molar-refractivity contribution in [1.29, 1.82) is 0 Å². The van der Waals surface area contributed by atoms with E-state index in [0.717, 1.165) is 35.1 Å². The molecule has 1 fully saturated rings. The molecule has 0 spiro atoms.